The van der Waals surface area contributed by atoms with Gasteiger partial charge < -0.3 is 4.98 Å². The van der Waals surface area contributed by atoms with Gasteiger partial charge in [0.25, 0.3) is 0 Å². The number of fused-ring (bicyclic) bond motifs is 1. The fourth-order valence-corrected chi connectivity index (χ4v) is 3.07. The molecule has 0 aliphatic carbocycles. The highest BCUT2D eigenvalue weighted by Gasteiger charge is 2.11. The summed E-state index contributed by atoms with van der Waals surface area (Å²) in [4.78, 5) is 7.62. The first-order valence-corrected chi connectivity index (χ1v) is 7.43. The van der Waals surface area contributed by atoms with Crippen LogP contribution in [0, 0.1) is 4.77 Å². The van der Waals surface area contributed by atoms with Gasteiger partial charge in [-0.3, -0.25) is 4.57 Å². The second-order valence-corrected chi connectivity index (χ2v) is 5.79. The Bertz CT molecular complexity index is 544. The summed E-state index contributed by atoms with van der Waals surface area (Å²) in [5.41, 5.74) is 1.99. The molecule has 2 aromatic rings. The molecular weight excluding hydrogens is 250 g/mol. The normalized spacial score (nSPS) is 13.1. The number of hydrogen-bond donors (Lipinski definition) is 1. The van der Waals surface area contributed by atoms with Crippen LogP contribution in [0.5, 0.6) is 0 Å². The summed E-state index contributed by atoms with van der Waals surface area (Å²) in [6.45, 7) is 4.39. The lowest BCUT2D eigenvalue weighted by molar-refractivity contribution is 0.539. The molecule has 0 saturated carbocycles. The second kappa shape index (κ2) is 5.69. The number of nitrogens with zero attached hydrogens (tertiary/aromatic N) is 2. The Labute approximate surface area is 111 Å². The molecule has 2 aromatic heterocycles. The molecule has 0 fully saturated rings. The fourth-order valence-electron chi connectivity index (χ4n) is 1.89. The minimum absolute atomic E-state index is 0.394. The average Bonchev–Trinajstić information content (AvgIpc) is 2.65. The molecule has 1 N–H and O–H groups in total. The van der Waals surface area contributed by atoms with Crippen molar-refractivity contribution >= 4 is 35.1 Å². The first kappa shape index (κ1) is 12.6. The largest absolute Gasteiger partial charge is 0.329 e. The number of H-pyrrole nitrogens is 1. The van der Waals surface area contributed by atoms with E-state index in [1.165, 1.54) is 11.5 Å². The van der Waals surface area contributed by atoms with Crippen LogP contribution in [-0.2, 0) is 0 Å². The van der Waals surface area contributed by atoms with E-state index in [1.807, 2.05) is 30.1 Å². The first-order chi connectivity index (χ1) is 8.24. The molecule has 0 amide bonds. The van der Waals surface area contributed by atoms with Crippen molar-refractivity contribution in [3.63, 3.8) is 0 Å². The molecule has 0 aromatic carbocycles. The van der Waals surface area contributed by atoms with E-state index in [-0.39, 0.29) is 0 Å². The van der Waals surface area contributed by atoms with Crippen LogP contribution >= 0.6 is 24.0 Å². The van der Waals surface area contributed by atoms with Crippen molar-refractivity contribution in [2.75, 3.05) is 11.5 Å². The molecule has 0 spiro atoms. The average molecular weight is 267 g/mol. The molecule has 0 aliphatic rings. The van der Waals surface area contributed by atoms with Crippen LogP contribution in [0.25, 0.3) is 11.2 Å². The Kier molecular flexibility index (Phi) is 4.23. The van der Waals surface area contributed by atoms with Gasteiger partial charge in [0.2, 0.25) is 0 Å². The summed E-state index contributed by atoms with van der Waals surface area (Å²) < 4.78 is 2.90. The van der Waals surface area contributed by atoms with Gasteiger partial charge in [0.15, 0.2) is 10.4 Å². The third kappa shape index (κ3) is 2.72. The zero-order valence-corrected chi connectivity index (χ0v) is 11.8. The van der Waals surface area contributed by atoms with Crippen LogP contribution in [0.15, 0.2) is 18.3 Å². The van der Waals surface area contributed by atoms with Gasteiger partial charge in [-0.05, 0) is 49.2 Å². The quantitative estimate of drug-likeness (QED) is 0.661. The van der Waals surface area contributed by atoms with Gasteiger partial charge in [-0.15, -0.1) is 0 Å². The zero-order valence-electron chi connectivity index (χ0n) is 10.1. The maximum Gasteiger partial charge on any atom is 0.179 e. The first-order valence-electron chi connectivity index (χ1n) is 5.87. The monoisotopic (exact) mass is 267 g/mol. The van der Waals surface area contributed by atoms with Crippen molar-refractivity contribution < 1.29 is 0 Å². The van der Waals surface area contributed by atoms with E-state index >= 15 is 0 Å². The smallest absolute Gasteiger partial charge is 0.179 e. The van der Waals surface area contributed by atoms with Crippen molar-refractivity contribution in [3.8, 4) is 0 Å². The summed E-state index contributed by atoms with van der Waals surface area (Å²) in [7, 11) is 0. The molecule has 0 aliphatic heterocycles. The van der Waals surface area contributed by atoms with Crippen molar-refractivity contribution in [1.29, 1.82) is 0 Å². The number of imidazole rings is 1. The van der Waals surface area contributed by atoms with Crippen LogP contribution < -0.4 is 0 Å². The predicted octanol–water partition coefficient (Wildman–Crippen LogP) is 3.80. The van der Waals surface area contributed by atoms with Gasteiger partial charge in [0.1, 0.15) is 0 Å². The number of rotatable bonds is 5. The summed E-state index contributed by atoms with van der Waals surface area (Å²) in [6, 6.07) is 4.34. The Morgan fingerprint density at radius 3 is 3.18 bits per heavy atom. The van der Waals surface area contributed by atoms with Gasteiger partial charge in [-0.1, -0.05) is 6.92 Å². The highest BCUT2D eigenvalue weighted by Crippen LogP contribution is 2.20. The molecule has 5 heteroatoms. The molecule has 0 radical (unpaired) electrons. The predicted molar refractivity (Wildman–Crippen MR) is 77.2 cm³/mol. The summed E-state index contributed by atoms with van der Waals surface area (Å²) in [6.07, 6.45) is 2.94. The number of hydrogen-bond acceptors (Lipinski definition) is 3. The second-order valence-electron chi connectivity index (χ2n) is 4.01. The molecule has 92 valence electrons. The third-order valence-corrected chi connectivity index (χ3v) is 4.03. The van der Waals surface area contributed by atoms with E-state index in [9.17, 15) is 0 Å². The minimum atomic E-state index is 0.394. The van der Waals surface area contributed by atoms with Crippen molar-refractivity contribution in [2.45, 2.75) is 26.3 Å². The van der Waals surface area contributed by atoms with Crippen LogP contribution in [0.2, 0.25) is 0 Å². The van der Waals surface area contributed by atoms with Gasteiger partial charge in [-0.25, -0.2) is 4.98 Å². The van der Waals surface area contributed by atoms with E-state index in [4.69, 9.17) is 12.2 Å². The number of thioether (sulfide) groups is 1. The molecule has 1 unspecified atom stereocenters. The van der Waals surface area contributed by atoms with Crippen molar-refractivity contribution in [3.05, 3.63) is 23.1 Å². The number of aromatic amines is 1. The maximum atomic E-state index is 5.37. The van der Waals surface area contributed by atoms with Gasteiger partial charge in [0, 0.05) is 12.2 Å². The molecule has 2 rings (SSSR count). The maximum absolute atomic E-state index is 5.37. The highest BCUT2D eigenvalue weighted by atomic mass is 32.2. The Morgan fingerprint density at radius 2 is 2.41 bits per heavy atom. The molecule has 3 nitrogen and oxygen atoms in total. The van der Waals surface area contributed by atoms with Crippen molar-refractivity contribution in [2.24, 2.45) is 0 Å². The Balaban J connectivity index is 2.28. The fraction of sp³-hybridized carbons (Fsp3) is 0.500. The minimum Gasteiger partial charge on any atom is -0.329 e. The van der Waals surface area contributed by atoms with Crippen LogP contribution in [0.1, 0.15) is 26.3 Å². The van der Waals surface area contributed by atoms with E-state index in [0.717, 1.165) is 22.4 Å². The van der Waals surface area contributed by atoms with E-state index < -0.39 is 0 Å². The van der Waals surface area contributed by atoms with E-state index in [1.54, 1.807) is 0 Å². The van der Waals surface area contributed by atoms with Crippen LogP contribution in [0.4, 0.5) is 0 Å². The number of nitrogens with one attached hydrogen (secondary N) is 1. The van der Waals surface area contributed by atoms with E-state index in [2.05, 4.69) is 28.4 Å². The topological polar surface area (TPSA) is 33.6 Å². The third-order valence-electron chi connectivity index (χ3n) is 2.80. The van der Waals surface area contributed by atoms with Gasteiger partial charge in [-0.2, -0.15) is 11.8 Å². The standard InChI is InChI=1S/C12H17N3S2/c1-3-17-8-6-9(2)15-11-10(14-12(15)16)5-4-7-13-11/h4-5,7,9H,3,6,8H2,1-2H3,(H,14,16). The summed E-state index contributed by atoms with van der Waals surface area (Å²) >= 11 is 7.34. The molecule has 2 heterocycles. The number of pyridine rings is 1. The van der Waals surface area contributed by atoms with Crippen molar-refractivity contribution in [1.82, 2.24) is 14.5 Å². The van der Waals surface area contributed by atoms with Gasteiger partial charge >= 0.3 is 0 Å². The molecule has 1 atom stereocenters. The van der Waals surface area contributed by atoms with Gasteiger partial charge in [0.05, 0.1) is 5.52 Å². The van der Waals surface area contributed by atoms with E-state index in [0.29, 0.717) is 6.04 Å². The highest BCUT2D eigenvalue weighted by molar-refractivity contribution is 7.99. The molecule has 17 heavy (non-hydrogen) atoms. The van der Waals surface area contributed by atoms with Crippen LogP contribution in [-0.4, -0.2) is 26.0 Å². The lowest BCUT2D eigenvalue weighted by Crippen LogP contribution is -2.07. The molecular formula is C12H17N3S2. The SMILES string of the molecule is CCSCCC(C)n1c(=S)[nH]c2cccnc21. The van der Waals surface area contributed by atoms with Crippen LogP contribution in [0.3, 0.4) is 0 Å². The zero-order chi connectivity index (χ0) is 12.3. The number of aromatic nitrogens is 3. The summed E-state index contributed by atoms with van der Waals surface area (Å²) in [5.74, 6) is 2.34. The molecule has 0 saturated heterocycles. The lowest BCUT2D eigenvalue weighted by atomic mass is 10.2. The summed E-state index contributed by atoms with van der Waals surface area (Å²) in [5, 5.41) is 0. The lowest BCUT2D eigenvalue weighted by Gasteiger charge is -2.13. The Morgan fingerprint density at radius 1 is 1.59 bits per heavy atom. The Hall–Kier alpha value is -0.810. The molecule has 0 bridgehead atoms.